The Morgan fingerprint density at radius 1 is 1.19 bits per heavy atom. The lowest BCUT2D eigenvalue weighted by atomic mass is 10.2. The van der Waals surface area contributed by atoms with Gasteiger partial charge < -0.3 is 4.57 Å². The van der Waals surface area contributed by atoms with Crippen molar-refractivity contribution in [1.29, 1.82) is 0 Å². The zero-order valence-corrected chi connectivity index (χ0v) is 17.6. The molecular formula is C20H19N3OS3. The monoisotopic (exact) mass is 413 g/mol. The van der Waals surface area contributed by atoms with Crippen LogP contribution in [-0.2, 0) is 13.0 Å². The molecule has 2 aromatic carbocycles. The minimum Gasteiger partial charge on any atom is -0.316 e. The van der Waals surface area contributed by atoms with Crippen LogP contribution in [0.3, 0.4) is 0 Å². The lowest BCUT2D eigenvalue weighted by Crippen LogP contribution is -2.18. The molecule has 4 rings (SSSR count). The van der Waals surface area contributed by atoms with Gasteiger partial charge in [-0.3, -0.25) is 4.79 Å². The number of carbonyl (C=O) groups is 1. The number of hydrogen-bond acceptors (Lipinski definition) is 5. The number of rotatable bonds is 5. The van der Waals surface area contributed by atoms with E-state index in [9.17, 15) is 4.79 Å². The van der Waals surface area contributed by atoms with Gasteiger partial charge >= 0.3 is 5.91 Å². The molecule has 2 heterocycles. The number of thioether (sulfide) groups is 1. The maximum atomic E-state index is 12.8. The molecule has 0 radical (unpaired) electrons. The van der Waals surface area contributed by atoms with Crippen LogP contribution < -0.4 is 4.80 Å². The van der Waals surface area contributed by atoms with Crippen LogP contribution in [0.2, 0.25) is 0 Å². The highest BCUT2D eigenvalue weighted by Crippen LogP contribution is 2.23. The Kier molecular flexibility index (Phi) is 5.43. The van der Waals surface area contributed by atoms with Crippen molar-refractivity contribution in [3.63, 3.8) is 0 Å². The molecule has 0 saturated carbocycles. The predicted octanol–water partition coefficient (Wildman–Crippen LogP) is 4.98. The third kappa shape index (κ3) is 3.72. The second kappa shape index (κ2) is 7.96. The van der Waals surface area contributed by atoms with E-state index in [4.69, 9.17) is 0 Å². The fourth-order valence-corrected chi connectivity index (χ4v) is 5.25. The SMILES string of the molecule is CCc1ccc2c(c1)sc(=NC(=O)c1nc3ccccc3s1)n2CCSC. The number of carbonyl (C=O) groups excluding carboxylic acids is 1. The van der Waals surface area contributed by atoms with E-state index < -0.39 is 0 Å². The molecule has 2 aromatic heterocycles. The van der Waals surface area contributed by atoms with Crippen molar-refractivity contribution in [1.82, 2.24) is 9.55 Å². The first-order chi connectivity index (χ1) is 13.2. The lowest BCUT2D eigenvalue weighted by Gasteiger charge is -2.04. The fourth-order valence-electron chi connectivity index (χ4n) is 2.92. The number of aryl methyl sites for hydroxylation is 2. The number of hydrogen-bond donors (Lipinski definition) is 0. The molecule has 4 aromatic rings. The minimum atomic E-state index is -0.267. The number of aromatic nitrogens is 2. The van der Waals surface area contributed by atoms with Gasteiger partial charge in [-0.2, -0.15) is 16.8 Å². The van der Waals surface area contributed by atoms with Gasteiger partial charge in [-0.25, -0.2) is 4.98 Å². The van der Waals surface area contributed by atoms with E-state index in [-0.39, 0.29) is 5.91 Å². The molecular weight excluding hydrogens is 394 g/mol. The molecule has 1 amide bonds. The molecule has 0 bridgehead atoms. The Morgan fingerprint density at radius 2 is 2.04 bits per heavy atom. The van der Waals surface area contributed by atoms with Gasteiger partial charge in [-0.15, -0.1) is 11.3 Å². The molecule has 7 heteroatoms. The van der Waals surface area contributed by atoms with E-state index in [2.05, 4.69) is 45.9 Å². The number of benzene rings is 2. The second-order valence-electron chi connectivity index (χ2n) is 6.09. The molecule has 0 unspecified atom stereocenters. The highest BCUT2D eigenvalue weighted by Gasteiger charge is 2.13. The van der Waals surface area contributed by atoms with Gasteiger partial charge in [0.2, 0.25) is 0 Å². The summed E-state index contributed by atoms with van der Waals surface area (Å²) in [5.74, 6) is 0.709. The van der Waals surface area contributed by atoms with Crippen molar-refractivity contribution in [2.75, 3.05) is 12.0 Å². The molecule has 27 heavy (non-hydrogen) atoms. The summed E-state index contributed by atoms with van der Waals surface area (Å²) in [5, 5.41) is 0.444. The Labute approximate surface area is 169 Å². The maximum Gasteiger partial charge on any atom is 0.308 e. The standard InChI is InChI=1S/C20H19N3OS3/c1-3-13-8-9-15-17(12-13)27-20(23(15)10-11-25-2)22-18(24)19-21-14-6-4-5-7-16(14)26-19/h4-9,12H,3,10-11H2,1-2H3. The normalized spacial score (nSPS) is 12.3. The van der Waals surface area contributed by atoms with Gasteiger partial charge in [0.25, 0.3) is 0 Å². The van der Waals surface area contributed by atoms with E-state index in [0.717, 1.165) is 39.3 Å². The van der Waals surface area contributed by atoms with Gasteiger partial charge in [0.1, 0.15) is 0 Å². The van der Waals surface area contributed by atoms with Gasteiger partial charge in [0.05, 0.1) is 20.4 Å². The first-order valence-electron chi connectivity index (χ1n) is 8.75. The largest absolute Gasteiger partial charge is 0.316 e. The third-order valence-corrected chi connectivity index (χ3v) is 7.00. The van der Waals surface area contributed by atoms with Gasteiger partial charge in [-0.05, 0) is 42.5 Å². The Bertz CT molecular complexity index is 1150. The Balaban J connectivity index is 1.81. The molecule has 0 atom stereocenters. The number of fused-ring (bicyclic) bond motifs is 2. The van der Waals surface area contributed by atoms with Crippen molar-refractivity contribution >= 4 is 60.8 Å². The molecule has 0 spiro atoms. The molecule has 0 aliphatic heterocycles. The number of para-hydroxylation sites is 1. The fraction of sp³-hybridized carbons (Fsp3) is 0.250. The average Bonchev–Trinajstić information content (AvgIpc) is 3.27. The zero-order valence-electron chi connectivity index (χ0n) is 15.1. The van der Waals surface area contributed by atoms with Crippen LogP contribution in [-0.4, -0.2) is 27.5 Å². The molecule has 0 fully saturated rings. The summed E-state index contributed by atoms with van der Waals surface area (Å²) < 4.78 is 4.34. The highest BCUT2D eigenvalue weighted by molar-refractivity contribution is 7.98. The van der Waals surface area contributed by atoms with E-state index in [1.54, 1.807) is 23.1 Å². The summed E-state index contributed by atoms with van der Waals surface area (Å²) >= 11 is 4.76. The van der Waals surface area contributed by atoms with Gasteiger partial charge in [-0.1, -0.05) is 36.5 Å². The smallest absolute Gasteiger partial charge is 0.308 e. The summed E-state index contributed by atoms with van der Waals surface area (Å²) in [7, 11) is 0. The van der Waals surface area contributed by atoms with E-state index >= 15 is 0 Å². The summed E-state index contributed by atoms with van der Waals surface area (Å²) in [6.07, 6.45) is 3.09. The number of thiazole rings is 2. The van der Waals surface area contributed by atoms with Crippen LogP contribution in [0, 0.1) is 0 Å². The molecule has 0 saturated heterocycles. The van der Waals surface area contributed by atoms with Crippen molar-refractivity contribution < 1.29 is 4.79 Å². The van der Waals surface area contributed by atoms with Crippen molar-refractivity contribution in [3.8, 4) is 0 Å². The van der Waals surface area contributed by atoms with Crippen molar-refractivity contribution in [3.05, 3.63) is 57.8 Å². The zero-order chi connectivity index (χ0) is 18.8. The van der Waals surface area contributed by atoms with Gasteiger partial charge in [0.15, 0.2) is 9.81 Å². The quantitative estimate of drug-likeness (QED) is 0.464. The van der Waals surface area contributed by atoms with Crippen molar-refractivity contribution in [2.45, 2.75) is 19.9 Å². The van der Waals surface area contributed by atoms with Crippen LogP contribution in [0.5, 0.6) is 0 Å². The third-order valence-electron chi connectivity index (χ3n) is 4.35. The van der Waals surface area contributed by atoms with Crippen LogP contribution in [0.4, 0.5) is 0 Å². The Hall–Kier alpha value is -1.96. The summed E-state index contributed by atoms with van der Waals surface area (Å²) in [5.41, 5.74) is 3.28. The second-order valence-corrected chi connectivity index (χ2v) is 9.11. The van der Waals surface area contributed by atoms with Crippen LogP contribution in [0.15, 0.2) is 47.5 Å². The van der Waals surface area contributed by atoms with Gasteiger partial charge in [0, 0.05) is 12.3 Å². The average molecular weight is 414 g/mol. The molecule has 138 valence electrons. The molecule has 0 aliphatic carbocycles. The predicted molar refractivity (Wildman–Crippen MR) is 117 cm³/mol. The maximum absolute atomic E-state index is 12.8. The first-order valence-corrected chi connectivity index (χ1v) is 11.8. The summed E-state index contributed by atoms with van der Waals surface area (Å²) in [4.78, 5) is 22.4. The topological polar surface area (TPSA) is 47.2 Å². The van der Waals surface area contributed by atoms with E-state index in [1.165, 1.54) is 21.6 Å². The molecule has 4 nitrogen and oxygen atoms in total. The van der Waals surface area contributed by atoms with Crippen LogP contribution in [0.1, 0.15) is 22.3 Å². The van der Waals surface area contributed by atoms with Crippen molar-refractivity contribution in [2.24, 2.45) is 4.99 Å². The van der Waals surface area contributed by atoms with Crippen LogP contribution >= 0.6 is 34.4 Å². The van der Waals surface area contributed by atoms with Crippen LogP contribution in [0.25, 0.3) is 20.4 Å². The first kappa shape index (κ1) is 18.4. The molecule has 0 aliphatic rings. The highest BCUT2D eigenvalue weighted by atomic mass is 32.2. The lowest BCUT2D eigenvalue weighted by molar-refractivity contribution is 0.0997. The Morgan fingerprint density at radius 3 is 2.81 bits per heavy atom. The minimum absolute atomic E-state index is 0.267. The number of nitrogens with zero attached hydrogens (tertiary/aromatic N) is 3. The summed E-state index contributed by atoms with van der Waals surface area (Å²) in [6.45, 7) is 2.98. The number of amides is 1. The molecule has 0 N–H and O–H groups in total. The summed E-state index contributed by atoms with van der Waals surface area (Å²) in [6, 6.07) is 14.3. The van der Waals surface area contributed by atoms with E-state index in [1.807, 2.05) is 24.3 Å². The van der Waals surface area contributed by atoms with E-state index in [0.29, 0.717) is 5.01 Å².